The first-order valence-electron chi connectivity index (χ1n) is 5.92. The molecule has 0 radical (unpaired) electrons. The Morgan fingerprint density at radius 1 is 1.41 bits per heavy atom. The fourth-order valence-corrected chi connectivity index (χ4v) is 1.83. The normalized spacial score (nSPS) is 35.4. The summed E-state index contributed by atoms with van der Waals surface area (Å²) >= 11 is 0. The van der Waals surface area contributed by atoms with Crippen LogP contribution in [0.2, 0.25) is 0 Å². The van der Waals surface area contributed by atoms with Crippen molar-refractivity contribution in [1.29, 1.82) is 0 Å². The molecule has 17 heavy (non-hydrogen) atoms. The minimum atomic E-state index is -1.27. The van der Waals surface area contributed by atoms with Gasteiger partial charge in [0.1, 0.15) is 18.3 Å². The molecule has 1 aliphatic heterocycles. The number of amides is 1. The average Bonchev–Trinajstić information content (AvgIpc) is 2.32. The summed E-state index contributed by atoms with van der Waals surface area (Å²) in [5, 5.41) is 31.2. The molecule has 0 aliphatic carbocycles. The zero-order valence-corrected chi connectivity index (χ0v) is 10.2. The first-order chi connectivity index (χ1) is 7.99. The third-order valence-corrected chi connectivity index (χ3v) is 3.00. The van der Waals surface area contributed by atoms with Crippen LogP contribution in [0.3, 0.4) is 0 Å². The molecule has 5 atom stereocenters. The van der Waals surface area contributed by atoms with E-state index in [1.54, 1.807) is 6.92 Å². The number of carbonyl (C=O) groups is 1. The second kappa shape index (κ2) is 6.30. The molecule has 1 heterocycles. The lowest BCUT2D eigenvalue weighted by Gasteiger charge is -2.37. The van der Waals surface area contributed by atoms with Gasteiger partial charge in [0, 0.05) is 6.54 Å². The van der Waals surface area contributed by atoms with Crippen molar-refractivity contribution in [3.05, 3.63) is 0 Å². The van der Waals surface area contributed by atoms with E-state index in [2.05, 4.69) is 5.32 Å². The molecule has 0 spiro atoms. The highest BCUT2D eigenvalue weighted by molar-refractivity contribution is 5.78. The average molecular weight is 247 g/mol. The van der Waals surface area contributed by atoms with Crippen LogP contribution < -0.4 is 5.32 Å². The highest BCUT2D eigenvalue weighted by atomic mass is 16.5. The summed E-state index contributed by atoms with van der Waals surface area (Å²) in [7, 11) is 0. The SMILES string of the molecule is CCCNC(=O)C(C)C1OC[C@@H](O)[C@H](O)[C@H]1O. The number of carbonyl (C=O) groups excluding carboxylic acids is 1. The molecule has 0 aromatic rings. The van der Waals surface area contributed by atoms with E-state index < -0.39 is 30.3 Å². The Bertz CT molecular complexity index is 260. The van der Waals surface area contributed by atoms with Crippen molar-refractivity contribution in [3.8, 4) is 0 Å². The summed E-state index contributed by atoms with van der Waals surface area (Å²) in [5.41, 5.74) is 0. The van der Waals surface area contributed by atoms with Crippen LogP contribution in [-0.4, -0.2) is 58.8 Å². The predicted octanol–water partition coefficient (Wildman–Crippen LogP) is -1.37. The van der Waals surface area contributed by atoms with Crippen LogP contribution in [0.4, 0.5) is 0 Å². The number of ether oxygens (including phenoxy) is 1. The molecule has 1 amide bonds. The third kappa shape index (κ3) is 3.38. The fourth-order valence-electron chi connectivity index (χ4n) is 1.83. The summed E-state index contributed by atoms with van der Waals surface area (Å²) in [6.07, 6.45) is -3.58. The number of aliphatic hydroxyl groups excluding tert-OH is 3. The number of nitrogens with one attached hydrogen (secondary N) is 1. The lowest BCUT2D eigenvalue weighted by atomic mass is 9.91. The monoisotopic (exact) mass is 247 g/mol. The van der Waals surface area contributed by atoms with E-state index in [1.807, 2.05) is 6.92 Å². The van der Waals surface area contributed by atoms with Gasteiger partial charge in [0.25, 0.3) is 0 Å². The topological polar surface area (TPSA) is 99.0 Å². The number of aliphatic hydroxyl groups is 3. The molecule has 0 saturated carbocycles. The van der Waals surface area contributed by atoms with Gasteiger partial charge in [-0.2, -0.15) is 0 Å². The molecular weight excluding hydrogens is 226 g/mol. The number of rotatable bonds is 4. The summed E-state index contributed by atoms with van der Waals surface area (Å²) in [4.78, 5) is 11.7. The molecule has 0 aromatic heterocycles. The first-order valence-corrected chi connectivity index (χ1v) is 5.92. The standard InChI is InChI=1S/C11H21NO5/c1-3-4-12-11(16)6(2)10-9(15)8(14)7(13)5-17-10/h6-10,13-15H,3-5H2,1-2H3,(H,12,16)/t6?,7-,8+,9-,10?/m1/s1. The first kappa shape index (κ1) is 14.4. The largest absolute Gasteiger partial charge is 0.388 e. The van der Waals surface area contributed by atoms with E-state index >= 15 is 0 Å². The van der Waals surface area contributed by atoms with Gasteiger partial charge in [0.05, 0.1) is 18.6 Å². The van der Waals surface area contributed by atoms with Gasteiger partial charge in [-0.05, 0) is 6.42 Å². The molecule has 1 aliphatic rings. The summed E-state index contributed by atoms with van der Waals surface area (Å²) < 4.78 is 5.21. The van der Waals surface area contributed by atoms with Crippen molar-refractivity contribution in [1.82, 2.24) is 5.32 Å². The Kier molecular flexibility index (Phi) is 5.32. The van der Waals surface area contributed by atoms with E-state index in [4.69, 9.17) is 4.74 Å². The Balaban J connectivity index is 2.56. The summed E-state index contributed by atoms with van der Waals surface area (Å²) in [5.74, 6) is -0.793. The van der Waals surface area contributed by atoms with Crippen molar-refractivity contribution in [2.45, 2.75) is 44.7 Å². The highest BCUT2D eigenvalue weighted by Gasteiger charge is 2.41. The maximum absolute atomic E-state index is 11.7. The van der Waals surface area contributed by atoms with E-state index in [0.717, 1.165) is 6.42 Å². The van der Waals surface area contributed by atoms with Gasteiger partial charge >= 0.3 is 0 Å². The number of hydrogen-bond donors (Lipinski definition) is 4. The van der Waals surface area contributed by atoms with Crippen molar-refractivity contribution in [3.63, 3.8) is 0 Å². The van der Waals surface area contributed by atoms with Crippen LogP contribution >= 0.6 is 0 Å². The van der Waals surface area contributed by atoms with E-state index in [1.165, 1.54) is 0 Å². The van der Waals surface area contributed by atoms with E-state index in [9.17, 15) is 20.1 Å². The van der Waals surface area contributed by atoms with Gasteiger partial charge in [-0.15, -0.1) is 0 Å². The molecular formula is C11H21NO5. The van der Waals surface area contributed by atoms with Gasteiger partial charge < -0.3 is 25.4 Å². The minimum absolute atomic E-state index is 0.0751. The van der Waals surface area contributed by atoms with Gasteiger partial charge in [-0.3, -0.25) is 4.79 Å². The van der Waals surface area contributed by atoms with Crippen LogP contribution in [0.1, 0.15) is 20.3 Å². The Hall–Kier alpha value is -0.690. The van der Waals surface area contributed by atoms with Crippen molar-refractivity contribution in [2.24, 2.45) is 5.92 Å². The Labute approximate surface area is 101 Å². The molecule has 6 nitrogen and oxygen atoms in total. The lowest BCUT2D eigenvalue weighted by Crippen LogP contribution is -2.56. The van der Waals surface area contributed by atoms with Crippen molar-refractivity contribution >= 4 is 5.91 Å². The molecule has 0 aromatic carbocycles. The number of hydrogen-bond acceptors (Lipinski definition) is 5. The zero-order valence-electron chi connectivity index (χ0n) is 10.2. The Morgan fingerprint density at radius 2 is 2.06 bits per heavy atom. The second-order valence-electron chi connectivity index (χ2n) is 4.43. The van der Waals surface area contributed by atoms with Crippen LogP contribution in [0.25, 0.3) is 0 Å². The van der Waals surface area contributed by atoms with Crippen molar-refractivity contribution < 1.29 is 24.9 Å². The van der Waals surface area contributed by atoms with Gasteiger partial charge in [0.15, 0.2) is 0 Å². The van der Waals surface area contributed by atoms with E-state index in [0.29, 0.717) is 6.54 Å². The van der Waals surface area contributed by atoms with Gasteiger partial charge in [-0.25, -0.2) is 0 Å². The second-order valence-corrected chi connectivity index (χ2v) is 4.43. The van der Waals surface area contributed by atoms with Crippen LogP contribution in [0.5, 0.6) is 0 Å². The maximum atomic E-state index is 11.7. The van der Waals surface area contributed by atoms with Crippen LogP contribution in [0, 0.1) is 5.92 Å². The Morgan fingerprint density at radius 3 is 2.65 bits per heavy atom. The molecule has 1 saturated heterocycles. The van der Waals surface area contributed by atoms with Gasteiger partial charge in [0.2, 0.25) is 5.91 Å². The quantitative estimate of drug-likeness (QED) is 0.491. The fraction of sp³-hybridized carbons (Fsp3) is 0.909. The highest BCUT2D eigenvalue weighted by Crippen LogP contribution is 2.21. The molecule has 1 rings (SSSR count). The predicted molar refractivity (Wildman–Crippen MR) is 60.2 cm³/mol. The minimum Gasteiger partial charge on any atom is -0.388 e. The lowest BCUT2D eigenvalue weighted by molar-refractivity contribution is -0.200. The summed E-state index contributed by atoms with van der Waals surface area (Å²) in [6.45, 7) is 4.06. The smallest absolute Gasteiger partial charge is 0.225 e. The van der Waals surface area contributed by atoms with Gasteiger partial charge in [-0.1, -0.05) is 13.8 Å². The molecule has 2 unspecified atom stereocenters. The molecule has 0 bridgehead atoms. The molecule has 6 heteroatoms. The van der Waals surface area contributed by atoms with Crippen LogP contribution in [0.15, 0.2) is 0 Å². The molecule has 100 valence electrons. The maximum Gasteiger partial charge on any atom is 0.225 e. The molecule has 4 N–H and O–H groups in total. The third-order valence-electron chi connectivity index (χ3n) is 3.00. The zero-order chi connectivity index (χ0) is 13.0. The van der Waals surface area contributed by atoms with Crippen molar-refractivity contribution in [2.75, 3.05) is 13.2 Å². The van der Waals surface area contributed by atoms with Crippen LogP contribution in [-0.2, 0) is 9.53 Å². The van der Waals surface area contributed by atoms with E-state index in [-0.39, 0.29) is 12.5 Å². The molecule has 1 fully saturated rings. The summed E-state index contributed by atoms with van der Waals surface area (Å²) in [6, 6.07) is 0.